The Hall–Kier alpha value is -2.76. The normalized spacial score (nSPS) is 17.8. The van der Waals surface area contributed by atoms with E-state index in [1.54, 1.807) is 35.2 Å². The van der Waals surface area contributed by atoms with Gasteiger partial charge in [0, 0.05) is 29.3 Å². The van der Waals surface area contributed by atoms with Crippen molar-refractivity contribution in [1.82, 2.24) is 10.2 Å². The number of rotatable bonds is 2. The summed E-state index contributed by atoms with van der Waals surface area (Å²) in [5.41, 5.74) is 0.361. The van der Waals surface area contributed by atoms with Crippen molar-refractivity contribution in [2.45, 2.75) is 38.8 Å². The van der Waals surface area contributed by atoms with E-state index in [2.05, 4.69) is 10.6 Å². The van der Waals surface area contributed by atoms with E-state index in [-0.39, 0.29) is 29.3 Å². The van der Waals surface area contributed by atoms with Crippen LogP contribution in [0.2, 0.25) is 0 Å². The number of carbonyl (C=O) groups excluding carboxylic acids is 2. The van der Waals surface area contributed by atoms with Crippen molar-refractivity contribution in [3.8, 4) is 5.75 Å². The predicted octanol–water partition coefficient (Wildman–Crippen LogP) is 3.07. The summed E-state index contributed by atoms with van der Waals surface area (Å²) in [6.45, 7) is 6.45. The first-order valence-corrected chi connectivity index (χ1v) is 8.34. The molecule has 3 amide bonds. The standard InChI is InChI=1S/C19H23N3O3/c1-19(2,3)22-11-12(10-17(22)24)20-18(25)21-15-8-4-7-14-13(15)6-5-9-16(14)23/h4-9,12,23H,10-11H2,1-3H3,(H2,20,21,25). The Morgan fingerprint density at radius 1 is 1.16 bits per heavy atom. The van der Waals surface area contributed by atoms with Gasteiger partial charge in [0.15, 0.2) is 0 Å². The van der Waals surface area contributed by atoms with Crippen LogP contribution in [0, 0.1) is 0 Å². The Bertz CT molecular complexity index is 826. The zero-order valence-electron chi connectivity index (χ0n) is 14.7. The molecule has 1 unspecified atom stereocenters. The van der Waals surface area contributed by atoms with Crippen molar-refractivity contribution in [3.63, 3.8) is 0 Å². The van der Waals surface area contributed by atoms with Gasteiger partial charge in [-0.15, -0.1) is 0 Å². The molecule has 3 rings (SSSR count). The van der Waals surface area contributed by atoms with Gasteiger partial charge in [-0.05, 0) is 32.9 Å². The SMILES string of the molecule is CC(C)(C)N1CC(NC(=O)Nc2cccc3c(O)cccc23)CC1=O. The quantitative estimate of drug-likeness (QED) is 0.785. The van der Waals surface area contributed by atoms with E-state index in [0.29, 0.717) is 24.0 Å². The van der Waals surface area contributed by atoms with Crippen molar-refractivity contribution < 1.29 is 14.7 Å². The summed E-state index contributed by atoms with van der Waals surface area (Å²) >= 11 is 0. The fourth-order valence-electron chi connectivity index (χ4n) is 3.20. The van der Waals surface area contributed by atoms with Crippen molar-refractivity contribution in [3.05, 3.63) is 36.4 Å². The van der Waals surface area contributed by atoms with Gasteiger partial charge >= 0.3 is 6.03 Å². The number of hydrogen-bond donors (Lipinski definition) is 3. The van der Waals surface area contributed by atoms with E-state index >= 15 is 0 Å². The highest BCUT2D eigenvalue weighted by Crippen LogP contribution is 2.29. The summed E-state index contributed by atoms with van der Waals surface area (Å²) in [7, 11) is 0. The van der Waals surface area contributed by atoms with Gasteiger partial charge in [0.25, 0.3) is 0 Å². The molecule has 1 atom stereocenters. The molecular weight excluding hydrogens is 318 g/mol. The lowest BCUT2D eigenvalue weighted by Gasteiger charge is -2.32. The van der Waals surface area contributed by atoms with Crippen molar-refractivity contribution in [1.29, 1.82) is 0 Å². The highest BCUT2D eigenvalue weighted by molar-refractivity contribution is 6.03. The number of phenolic OH excluding ortho intramolecular Hbond substituents is 1. The number of amides is 3. The number of carbonyl (C=O) groups is 2. The minimum absolute atomic E-state index is 0.0490. The summed E-state index contributed by atoms with van der Waals surface area (Å²) in [6, 6.07) is 9.96. The maximum Gasteiger partial charge on any atom is 0.319 e. The van der Waals surface area contributed by atoms with Crippen LogP contribution in [0.15, 0.2) is 36.4 Å². The molecule has 0 spiro atoms. The molecule has 0 aromatic heterocycles. The topological polar surface area (TPSA) is 81.7 Å². The molecule has 0 bridgehead atoms. The smallest absolute Gasteiger partial charge is 0.319 e. The average Bonchev–Trinajstić information content (AvgIpc) is 2.89. The Balaban J connectivity index is 1.70. The Morgan fingerprint density at radius 3 is 2.52 bits per heavy atom. The van der Waals surface area contributed by atoms with Crippen LogP contribution >= 0.6 is 0 Å². The molecule has 1 fully saturated rings. The highest BCUT2D eigenvalue weighted by atomic mass is 16.3. The lowest BCUT2D eigenvalue weighted by Crippen LogP contribution is -2.45. The molecule has 2 aromatic rings. The predicted molar refractivity (Wildman–Crippen MR) is 97.6 cm³/mol. The van der Waals surface area contributed by atoms with E-state index in [4.69, 9.17) is 0 Å². The van der Waals surface area contributed by atoms with E-state index in [0.717, 1.165) is 5.39 Å². The number of likely N-dealkylation sites (tertiary alicyclic amines) is 1. The van der Waals surface area contributed by atoms with Crippen LogP contribution in [0.5, 0.6) is 5.75 Å². The Morgan fingerprint density at radius 2 is 1.84 bits per heavy atom. The summed E-state index contributed by atoms with van der Waals surface area (Å²) in [5, 5.41) is 17.0. The second-order valence-corrected chi connectivity index (χ2v) is 7.35. The minimum atomic E-state index is -0.357. The molecular formula is C19H23N3O3. The van der Waals surface area contributed by atoms with E-state index in [1.165, 1.54) is 0 Å². The first-order chi connectivity index (χ1) is 11.8. The number of urea groups is 1. The molecule has 25 heavy (non-hydrogen) atoms. The van der Waals surface area contributed by atoms with Gasteiger partial charge < -0.3 is 20.6 Å². The molecule has 0 aliphatic carbocycles. The van der Waals surface area contributed by atoms with Gasteiger partial charge in [-0.1, -0.05) is 24.3 Å². The third-order valence-electron chi connectivity index (χ3n) is 4.42. The van der Waals surface area contributed by atoms with Crippen LogP contribution in [-0.2, 0) is 4.79 Å². The largest absolute Gasteiger partial charge is 0.507 e. The Kier molecular flexibility index (Phi) is 4.29. The lowest BCUT2D eigenvalue weighted by molar-refractivity contribution is -0.131. The number of aromatic hydroxyl groups is 1. The van der Waals surface area contributed by atoms with Crippen LogP contribution in [0.1, 0.15) is 27.2 Å². The molecule has 2 aromatic carbocycles. The van der Waals surface area contributed by atoms with Gasteiger partial charge in [0.05, 0.1) is 11.7 Å². The summed E-state index contributed by atoms with van der Waals surface area (Å²) in [6.07, 6.45) is 0.307. The van der Waals surface area contributed by atoms with Crippen LogP contribution in [0.25, 0.3) is 10.8 Å². The second-order valence-electron chi connectivity index (χ2n) is 7.35. The van der Waals surface area contributed by atoms with Crippen molar-refractivity contribution in [2.24, 2.45) is 0 Å². The third-order valence-corrected chi connectivity index (χ3v) is 4.42. The average molecular weight is 341 g/mol. The van der Waals surface area contributed by atoms with Gasteiger partial charge in [0.2, 0.25) is 5.91 Å². The number of benzene rings is 2. The van der Waals surface area contributed by atoms with E-state index in [1.807, 2.05) is 26.8 Å². The molecule has 1 aliphatic rings. The molecule has 0 saturated carbocycles. The van der Waals surface area contributed by atoms with Gasteiger partial charge in [-0.3, -0.25) is 4.79 Å². The molecule has 132 valence electrons. The van der Waals surface area contributed by atoms with E-state index in [9.17, 15) is 14.7 Å². The Labute approximate surface area is 146 Å². The van der Waals surface area contributed by atoms with Gasteiger partial charge in [-0.2, -0.15) is 0 Å². The maximum absolute atomic E-state index is 12.3. The fraction of sp³-hybridized carbons (Fsp3) is 0.368. The molecule has 1 saturated heterocycles. The second kappa shape index (κ2) is 6.27. The number of nitrogens with zero attached hydrogens (tertiary/aromatic N) is 1. The van der Waals surface area contributed by atoms with Gasteiger partial charge in [-0.25, -0.2) is 4.79 Å². The molecule has 0 radical (unpaired) electrons. The monoisotopic (exact) mass is 341 g/mol. The number of fused-ring (bicyclic) bond motifs is 1. The highest BCUT2D eigenvalue weighted by Gasteiger charge is 2.36. The molecule has 1 heterocycles. The number of nitrogens with one attached hydrogen (secondary N) is 2. The maximum atomic E-state index is 12.3. The summed E-state index contributed by atoms with van der Waals surface area (Å²) in [5.74, 6) is 0.219. The van der Waals surface area contributed by atoms with Crippen LogP contribution < -0.4 is 10.6 Å². The zero-order chi connectivity index (χ0) is 18.2. The summed E-state index contributed by atoms with van der Waals surface area (Å²) < 4.78 is 0. The fourth-order valence-corrected chi connectivity index (χ4v) is 3.20. The first kappa shape index (κ1) is 17.1. The number of phenols is 1. The van der Waals surface area contributed by atoms with Crippen LogP contribution in [0.4, 0.5) is 10.5 Å². The minimum Gasteiger partial charge on any atom is -0.507 e. The molecule has 3 N–H and O–H groups in total. The third kappa shape index (κ3) is 3.52. The first-order valence-electron chi connectivity index (χ1n) is 8.34. The summed E-state index contributed by atoms with van der Waals surface area (Å²) in [4.78, 5) is 26.2. The van der Waals surface area contributed by atoms with Crippen LogP contribution in [0.3, 0.4) is 0 Å². The van der Waals surface area contributed by atoms with E-state index < -0.39 is 0 Å². The van der Waals surface area contributed by atoms with Gasteiger partial charge in [0.1, 0.15) is 5.75 Å². The van der Waals surface area contributed by atoms with Crippen molar-refractivity contribution in [2.75, 3.05) is 11.9 Å². The zero-order valence-corrected chi connectivity index (χ0v) is 14.7. The van der Waals surface area contributed by atoms with Crippen molar-refractivity contribution >= 4 is 28.4 Å². The molecule has 1 aliphatic heterocycles. The number of anilines is 1. The molecule has 6 heteroatoms. The molecule has 6 nitrogen and oxygen atoms in total. The lowest BCUT2D eigenvalue weighted by atomic mass is 10.1. The number of hydrogen-bond acceptors (Lipinski definition) is 3. The van der Waals surface area contributed by atoms with Crippen LogP contribution in [-0.4, -0.2) is 40.1 Å².